The molecule has 0 radical (unpaired) electrons. The Kier molecular flexibility index (Phi) is 3.26. The number of rotatable bonds is 2. The first kappa shape index (κ1) is 12.5. The molecule has 0 fully saturated rings. The molecular formula is C15H10N2O2S. The van der Waals surface area contributed by atoms with E-state index >= 15 is 0 Å². The molecule has 0 aliphatic rings. The molecule has 5 heteroatoms. The summed E-state index contributed by atoms with van der Waals surface area (Å²) in [6.07, 6.45) is 0. The normalized spacial score (nSPS) is 10.4. The van der Waals surface area contributed by atoms with E-state index in [4.69, 9.17) is 16.6 Å². The summed E-state index contributed by atoms with van der Waals surface area (Å²) in [5.74, 6) is 0.0291. The van der Waals surface area contributed by atoms with Crippen LogP contribution in [-0.4, -0.2) is 15.7 Å². The van der Waals surface area contributed by atoms with E-state index in [-0.39, 0.29) is 10.7 Å². The van der Waals surface area contributed by atoms with E-state index in [0.29, 0.717) is 11.5 Å². The highest BCUT2D eigenvalue weighted by Gasteiger charge is 2.15. The summed E-state index contributed by atoms with van der Waals surface area (Å²) in [5.41, 5.74) is 1.29. The highest BCUT2D eigenvalue weighted by molar-refractivity contribution is 7.71. The minimum absolute atomic E-state index is 0.0395. The van der Waals surface area contributed by atoms with Gasteiger partial charge in [0.2, 0.25) is 5.89 Å². The SMILES string of the molecule is O=C(c1ccccc1)n1nc(-c2ccccc2)oc1=S. The largest absolute Gasteiger partial charge is 0.409 e. The van der Waals surface area contributed by atoms with Crippen LogP contribution in [0.25, 0.3) is 11.5 Å². The van der Waals surface area contributed by atoms with Crippen LogP contribution in [-0.2, 0) is 0 Å². The second-order valence-corrected chi connectivity index (χ2v) is 4.47. The van der Waals surface area contributed by atoms with Crippen molar-refractivity contribution in [1.29, 1.82) is 0 Å². The lowest BCUT2D eigenvalue weighted by molar-refractivity contribution is 0.0940. The van der Waals surface area contributed by atoms with Gasteiger partial charge in [0.1, 0.15) is 0 Å². The molecule has 1 heterocycles. The van der Waals surface area contributed by atoms with Crippen molar-refractivity contribution in [2.24, 2.45) is 0 Å². The van der Waals surface area contributed by atoms with Gasteiger partial charge in [0.25, 0.3) is 10.7 Å². The number of hydrogen-bond donors (Lipinski definition) is 0. The third kappa shape index (κ3) is 2.31. The Morgan fingerprint density at radius 2 is 1.60 bits per heavy atom. The fourth-order valence-corrected chi connectivity index (χ4v) is 2.01. The quantitative estimate of drug-likeness (QED) is 0.674. The maximum absolute atomic E-state index is 12.3. The highest BCUT2D eigenvalue weighted by Crippen LogP contribution is 2.17. The molecule has 3 aromatic rings. The average Bonchev–Trinajstić information content (AvgIpc) is 2.90. The molecular weight excluding hydrogens is 272 g/mol. The summed E-state index contributed by atoms with van der Waals surface area (Å²) < 4.78 is 6.49. The lowest BCUT2D eigenvalue weighted by Crippen LogP contribution is -2.13. The molecule has 0 N–H and O–H groups in total. The van der Waals surface area contributed by atoms with E-state index < -0.39 is 0 Å². The van der Waals surface area contributed by atoms with Gasteiger partial charge in [-0.25, -0.2) is 0 Å². The second-order valence-electron chi connectivity index (χ2n) is 4.12. The smallest absolute Gasteiger partial charge is 0.295 e. The lowest BCUT2D eigenvalue weighted by Gasteiger charge is -1.97. The zero-order chi connectivity index (χ0) is 13.9. The van der Waals surface area contributed by atoms with Crippen molar-refractivity contribution in [3.05, 3.63) is 71.1 Å². The van der Waals surface area contributed by atoms with Gasteiger partial charge in [0.05, 0.1) is 0 Å². The Balaban J connectivity index is 2.03. The van der Waals surface area contributed by atoms with Gasteiger partial charge in [0.15, 0.2) is 0 Å². The standard InChI is InChI=1S/C15H10N2O2S/c18-14(12-9-5-2-6-10-12)17-15(20)19-13(16-17)11-7-3-1-4-8-11/h1-10H. The summed E-state index contributed by atoms with van der Waals surface area (Å²) in [6.45, 7) is 0. The number of nitrogens with zero attached hydrogens (tertiary/aromatic N) is 2. The summed E-state index contributed by atoms with van der Waals surface area (Å²) in [7, 11) is 0. The molecule has 3 rings (SSSR count). The van der Waals surface area contributed by atoms with Crippen molar-refractivity contribution in [3.63, 3.8) is 0 Å². The van der Waals surface area contributed by atoms with E-state index in [9.17, 15) is 4.79 Å². The minimum Gasteiger partial charge on any atom is -0.409 e. The van der Waals surface area contributed by atoms with Crippen LogP contribution in [0.3, 0.4) is 0 Å². The zero-order valence-corrected chi connectivity index (χ0v) is 11.2. The summed E-state index contributed by atoms with van der Waals surface area (Å²) in [5, 5.41) is 4.15. The van der Waals surface area contributed by atoms with Gasteiger partial charge in [-0.15, -0.1) is 9.78 Å². The third-order valence-corrected chi connectivity index (χ3v) is 3.04. The number of aromatic nitrogens is 2. The molecule has 0 aliphatic heterocycles. The molecule has 0 aliphatic carbocycles. The van der Waals surface area contributed by atoms with Crippen molar-refractivity contribution in [1.82, 2.24) is 9.78 Å². The van der Waals surface area contributed by atoms with Crippen molar-refractivity contribution in [2.75, 3.05) is 0 Å². The van der Waals surface area contributed by atoms with Crippen molar-refractivity contribution in [3.8, 4) is 11.5 Å². The Morgan fingerprint density at radius 1 is 1.00 bits per heavy atom. The van der Waals surface area contributed by atoms with Gasteiger partial charge < -0.3 is 4.42 Å². The molecule has 0 saturated carbocycles. The molecule has 2 aromatic carbocycles. The van der Waals surface area contributed by atoms with Crippen LogP contribution in [0.2, 0.25) is 0 Å². The maximum Gasteiger partial charge on any atom is 0.295 e. The van der Waals surface area contributed by atoms with Crippen LogP contribution in [0.4, 0.5) is 0 Å². The van der Waals surface area contributed by atoms with Crippen molar-refractivity contribution >= 4 is 18.1 Å². The first-order chi connectivity index (χ1) is 9.75. The maximum atomic E-state index is 12.3. The molecule has 20 heavy (non-hydrogen) atoms. The van der Waals surface area contributed by atoms with Gasteiger partial charge in [-0.2, -0.15) is 0 Å². The van der Waals surface area contributed by atoms with Crippen LogP contribution in [0.5, 0.6) is 0 Å². The van der Waals surface area contributed by atoms with Crippen LogP contribution in [0, 0.1) is 4.84 Å². The number of carbonyl (C=O) groups excluding carboxylic acids is 1. The number of benzene rings is 2. The van der Waals surface area contributed by atoms with Gasteiger partial charge in [-0.05, 0) is 36.5 Å². The second kappa shape index (κ2) is 5.22. The number of carbonyl (C=O) groups is 1. The minimum atomic E-state index is -0.304. The van der Waals surface area contributed by atoms with Crippen LogP contribution in [0.15, 0.2) is 65.1 Å². The molecule has 0 bridgehead atoms. The van der Waals surface area contributed by atoms with E-state index in [2.05, 4.69) is 5.10 Å². The Labute approximate surface area is 120 Å². The van der Waals surface area contributed by atoms with Crippen molar-refractivity contribution < 1.29 is 9.21 Å². The molecule has 0 amide bonds. The summed E-state index contributed by atoms with van der Waals surface area (Å²) in [6, 6.07) is 18.2. The number of hydrogen-bond acceptors (Lipinski definition) is 4. The Bertz CT molecular complexity index is 792. The van der Waals surface area contributed by atoms with Gasteiger partial charge >= 0.3 is 0 Å². The third-order valence-electron chi connectivity index (χ3n) is 2.78. The summed E-state index contributed by atoms with van der Waals surface area (Å²) in [4.78, 5) is 12.3. The van der Waals surface area contributed by atoms with E-state index in [0.717, 1.165) is 10.2 Å². The van der Waals surface area contributed by atoms with Crippen molar-refractivity contribution in [2.45, 2.75) is 0 Å². The molecule has 98 valence electrons. The molecule has 4 nitrogen and oxygen atoms in total. The van der Waals surface area contributed by atoms with Crippen LogP contribution in [0.1, 0.15) is 10.4 Å². The van der Waals surface area contributed by atoms with Gasteiger partial charge in [0, 0.05) is 11.1 Å². The lowest BCUT2D eigenvalue weighted by atomic mass is 10.2. The highest BCUT2D eigenvalue weighted by atomic mass is 32.1. The monoisotopic (exact) mass is 282 g/mol. The topological polar surface area (TPSA) is 48.0 Å². The molecule has 0 unspecified atom stereocenters. The van der Waals surface area contributed by atoms with E-state index in [1.165, 1.54) is 0 Å². The Hall–Kier alpha value is -2.53. The fourth-order valence-electron chi connectivity index (χ4n) is 1.81. The molecule has 0 spiro atoms. The molecule has 1 aromatic heterocycles. The predicted molar refractivity (Wildman–Crippen MR) is 76.9 cm³/mol. The van der Waals surface area contributed by atoms with E-state index in [1.807, 2.05) is 36.4 Å². The fraction of sp³-hybridized carbons (Fsp3) is 0. The first-order valence-corrected chi connectivity index (χ1v) is 6.42. The van der Waals surface area contributed by atoms with E-state index in [1.54, 1.807) is 24.3 Å². The van der Waals surface area contributed by atoms with Gasteiger partial charge in [-0.3, -0.25) is 4.79 Å². The molecule has 0 atom stereocenters. The molecule has 0 saturated heterocycles. The van der Waals surface area contributed by atoms with Crippen LogP contribution < -0.4 is 0 Å². The zero-order valence-electron chi connectivity index (χ0n) is 10.4. The average molecular weight is 282 g/mol. The first-order valence-electron chi connectivity index (χ1n) is 6.01. The van der Waals surface area contributed by atoms with Crippen LogP contribution >= 0.6 is 12.2 Å². The van der Waals surface area contributed by atoms with Gasteiger partial charge in [-0.1, -0.05) is 36.4 Å². The predicted octanol–water partition coefficient (Wildman–Crippen LogP) is 3.56. The summed E-state index contributed by atoms with van der Waals surface area (Å²) >= 11 is 5.06. The Morgan fingerprint density at radius 3 is 2.25 bits per heavy atom.